The highest BCUT2D eigenvalue weighted by atomic mass is 32.2. The second kappa shape index (κ2) is 9.26. The molecule has 2 aliphatic heterocycles. The summed E-state index contributed by atoms with van der Waals surface area (Å²) in [6.45, 7) is 3.52. The first-order valence-corrected chi connectivity index (χ1v) is 11.9. The average Bonchev–Trinajstić information content (AvgIpc) is 3.12. The fourth-order valence-corrected chi connectivity index (χ4v) is 5.72. The van der Waals surface area contributed by atoms with Crippen LogP contribution in [0.3, 0.4) is 0 Å². The van der Waals surface area contributed by atoms with Gasteiger partial charge >= 0.3 is 0 Å². The zero-order valence-corrected chi connectivity index (χ0v) is 17.5. The fourth-order valence-electron chi connectivity index (χ4n) is 3.23. The van der Waals surface area contributed by atoms with Crippen molar-refractivity contribution in [2.75, 3.05) is 63.6 Å². The summed E-state index contributed by atoms with van der Waals surface area (Å²) >= 11 is 1.80. The van der Waals surface area contributed by atoms with E-state index >= 15 is 0 Å². The van der Waals surface area contributed by atoms with Crippen LogP contribution in [-0.2, 0) is 21.8 Å². The van der Waals surface area contributed by atoms with E-state index in [-0.39, 0.29) is 11.9 Å². The highest BCUT2D eigenvalue weighted by Crippen LogP contribution is 2.21. The van der Waals surface area contributed by atoms with E-state index in [1.165, 1.54) is 0 Å². The third-order valence-electron chi connectivity index (χ3n) is 4.68. The minimum absolute atomic E-state index is 0.0689. The number of nitrogens with one attached hydrogen (secondary N) is 1. The summed E-state index contributed by atoms with van der Waals surface area (Å²) in [7, 11) is 0.376. The van der Waals surface area contributed by atoms with Gasteiger partial charge in [-0.25, -0.2) is 12.7 Å². The third-order valence-corrected chi connectivity index (χ3v) is 7.50. The Hall–Kier alpha value is -1.30. The molecule has 9 nitrogen and oxygen atoms in total. The molecule has 1 N–H and O–H groups in total. The van der Waals surface area contributed by atoms with Gasteiger partial charge < -0.3 is 15.0 Å². The summed E-state index contributed by atoms with van der Waals surface area (Å²) in [4.78, 5) is 6.42. The van der Waals surface area contributed by atoms with E-state index < -0.39 is 10.0 Å². The number of ether oxygens (including phenoxy) is 1. The minimum atomic E-state index is -3.22. The number of hydrogen-bond acceptors (Lipinski definition) is 6. The first-order valence-electron chi connectivity index (χ1n) is 9.11. The molecule has 2 aliphatic rings. The summed E-state index contributed by atoms with van der Waals surface area (Å²) in [5.74, 6) is 2.53. The number of thioether (sulfide) groups is 1. The Morgan fingerprint density at radius 1 is 1.41 bits per heavy atom. The highest BCUT2D eigenvalue weighted by molar-refractivity contribution is 7.99. The summed E-state index contributed by atoms with van der Waals surface area (Å²) in [6, 6.07) is 0. The number of aliphatic imine (C=N–C) groups is 1. The number of aromatic nitrogens is 2. The van der Waals surface area contributed by atoms with E-state index in [4.69, 9.17) is 4.74 Å². The Morgan fingerprint density at radius 2 is 2.19 bits per heavy atom. The lowest BCUT2D eigenvalue weighted by atomic mass is 10.1. The van der Waals surface area contributed by atoms with Crippen LogP contribution >= 0.6 is 11.8 Å². The van der Waals surface area contributed by atoms with Gasteiger partial charge in [0, 0.05) is 63.5 Å². The first kappa shape index (κ1) is 20.4. The van der Waals surface area contributed by atoms with Gasteiger partial charge in [-0.2, -0.15) is 16.9 Å². The molecule has 2 fully saturated rings. The van der Waals surface area contributed by atoms with Gasteiger partial charge in [0.25, 0.3) is 0 Å². The maximum absolute atomic E-state index is 12.5. The molecule has 1 aromatic heterocycles. The average molecular weight is 417 g/mol. The molecule has 1 unspecified atom stereocenters. The zero-order valence-electron chi connectivity index (χ0n) is 15.9. The Morgan fingerprint density at radius 3 is 2.85 bits per heavy atom. The molecule has 0 amide bonds. The number of nitrogens with zero attached hydrogens (tertiary/aromatic N) is 5. The van der Waals surface area contributed by atoms with Crippen molar-refractivity contribution in [2.45, 2.75) is 6.10 Å². The van der Waals surface area contributed by atoms with Gasteiger partial charge in [-0.15, -0.1) is 0 Å². The molecule has 0 aliphatic carbocycles. The molecule has 3 heterocycles. The number of rotatable bonds is 5. The van der Waals surface area contributed by atoms with Crippen LogP contribution in [0.1, 0.15) is 11.7 Å². The molecule has 0 radical (unpaired) electrons. The second-order valence-corrected chi connectivity index (χ2v) is 9.87. The highest BCUT2D eigenvalue weighted by Gasteiger charge is 2.26. The molecule has 152 valence electrons. The maximum Gasteiger partial charge on any atom is 0.215 e. The molecule has 1 aromatic rings. The molecule has 0 saturated carbocycles. The minimum Gasteiger partial charge on any atom is -0.370 e. The molecular formula is C16H28N6O3S2. The molecule has 0 bridgehead atoms. The molecule has 0 spiro atoms. The fraction of sp³-hybridized carbons (Fsp3) is 0.750. The van der Waals surface area contributed by atoms with Crippen LogP contribution in [0.15, 0.2) is 17.4 Å². The third kappa shape index (κ3) is 5.37. The predicted octanol–water partition coefficient (Wildman–Crippen LogP) is -0.253. The topological polar surface area (TPSA) is 92.1 Å². The normalized spacial score (nSPS) is 22.8. The maximum atomic E-state index is 12.5. The summed E-state index contributed by atoms with van der Waals surface area (Å²) in [6.07, 6.45) is 3.70. The van der Waals surface area contributed by atoms with Crippen LogP contribution in [0.4, 0.5) is 0 Å². The van der Waals surface area contributed by atoms with Crippen molar-refractivity contribution >= 4 is 27.7 Å². The standard InChI is InChI=1S/C16H28N6O3S2/c1-17-16(18-3-10-27(23,24)22-5-8-26-9-6-22)21-4-7-25-15(13-21)14-11-19-20(2)12-14/h11-12,15H,3-10,13H2,1-2H3,(H,17,18). The molecule has 0 aromatic carbocycles. The number of guanidine groups is 1. The molecule has 2 saturated heterocycles. The SMILES string of the molecule is CN=C(NCCS(=O)(=O)N1CCSCC1)N1CCOC(c2cnn(C)c2)C1. The van der Waals surface area contributed by atoms with Crippen LogP contribution < -0.4 is 5.32 Å². The monoisotopic (exact) mass is 416 g/mol. The lowest BCUT2D eigenvalue weighted by Gasteiger charge is -2.35. The summed E-state index contributed by atoms with van der Waals surface area (Å²) < 4.78 is 34.1. The van der Waals surface area contributed by atoms with Gasteiger partial charge in [-0.1, -0.05) is 0 Å². The van der Waals surface area contributed by atoms with Gasteiger partial charge in [0.15, 0.2) is 5.96 Å². The molecule has 3 rings (SSSR count). The van der Waals surface area contributed by atoms with Gasteiger partial charge in [0.05, 0.1) is 25.1 Å². The summed E-state index contributed by atoms with van der Waals surface area (Å²) in [5.41, 5.74) is 1.03. The lowest BCUT2D eigenvalue weighted by molar-refractivity contribution is -0.00798. The zero-order chi connectivity index (χ0) is 19.3. The molecule has 1 atom stereocenters. The number of sulfonamides is 1. The Kier molecular flexibility index (Phi) is 7.01. The van der Waals surface area contributed by atoms with Gasteiger partial charge in [-0.05, 0) is 0 Å². The number of aryl methyl sites for hydroxylation is 1. The van der Waals surface area contributed by atoms with E-state index in [9.17, 15) is 8.42 Å². The lowest BCUT2D eigenvalue weighted by Crippen LogP contribution is -2.49. The predicted molar refractivity (Wildman–Crippen MR) is 108 cm³/mol. The van der Waals surface area contributed by atoms with Crippen LogP contribution in [0.2, 0.25) is 0 Å². The molecule has 11 heteroatoms. The molecule has 27 heavy (non-hydrogen) atoms. The smallest absolute Gasteiger partial charge is 0.215 e. The quantitative estimate of drug-likeness (QED) is 0.523. The van der Waals surface area contributed by atoms with Crippen molar-refractivity contribution in [3.63, 3.8) is 0 Å². The van der Waals surface area contributed by atoms with Crippen molar-refractivity contribution in [1.82, 2.24) is 24.3 Å². The molecular weight excluding hydrogens is 388 g/mol. The van der Waals surface area contributed by atoms with E-state index in [0.717, 1.165) is 17.1 Å². The van der Waals surface area contributed by atoms with E-state index in [2.05, 4.69) is 20.3 Å². The van der Waals surface area contributed by atoms with E-state index in [1.54, 1.807) is 27.8 Å². The summed E-state index contributed by atoms with van der Waals surface area (Å²) in [5, 5.41) is 7.40. The van der Waals surface area contributed by atoms with Crippen molar-refractivity contribution in [2.24, 2.45) is 12.0 Å². The Labute approximate surface area is 165 Å². The van der Waals surface area contributed by atoms with E-state index in [1.807, 2.05) is 19.4 Å². The van der Waals surface area contributed by atoms with Crippen LogP contribution in [0.5, 0.6) is 0 Å². The van der Waals surface area contributed by atoms with Gasteiger partial charge in [0.1, 0.15) is 6.10 Å². The second-order valence-electron chi connectivity index (χ2n) is 6.55. The van der Waals surface area contributed by atoms with Crippen LogP contribution in [-0.4, -0.2) is 97.0 Å². The van der Waals surface area contributed by atoms with Gasteiger partial charge in [-0.3, -0.25) is 9.67 Å². The van der Waals surface area contributed by atoms with Crippen molar-refractivity contribution in [1.29, 1.82) is 0 Å². The Bertz CT molecular complexity index is 745. The number of hydrogen-bond donors (Lipinski definition) is 1. The van der Waals surface area contributed by atoms with Crippen molar-refractivity contribution < 1.29 is 13.2 Å². The largest absolute Gasteiger partial charge is 0.370 e. The van der Waals surface area contributed by atoms with E-state index in [0.29, 0.717) is 45.3 Å². The Balaban J connectivity index is 1.52. The van der Waals surface area contributed by atoms with Crippen LogP contribution in [0.25, 0.3) is 0 Å². The van der Waals surface area contributed by atoms with Crippen molar-refractivity contribution in [3.05, 3.63) is 18.0 Å². The van der Waals surface area contributed by atoms with Crippen molar-refractivity contribution in [3.8, 4) is 0 Å². The van der Waals surface area contributed by atoms with Crippen LogP contribution in [0, 0.1) is 0 Å². The first-order chi connectivity index (χ1) is 13.0. The van der Waals surface area contributed by atoms with Gasteiger partial charge in [0.2, 0.25) is 10.0 Å². The number of morpholine rings is 1.